The summed E-state index contributed by atoms with van der Waals surface area (Å²) in [4.78, 5) is 27.6. The maximum atomic E-state index is 12.8. The van der Waals surface area contributed by atoms with Gasteiger partial charge >= 0.3 is 6.18 Å². The molecule has 0 saturated heterocycles. The molecule has 1 atom stereocenters. The van der Waals surface area contributed by atoms with Crippen molar-refractivity contribution in [3.8, 4) is 0 Å². The van der Waals surface area contributed by atoms with Crippen molar-refractivity contribution in [1.82, 2.24) is 15.5 Å². The lowest BCUT2D eigenvalue weighted by Gasteiger charge is -2.18. The molecule has 0 unspecified atom stereocenters. The van der Waals surface area contributed by atoms with Crippen molar-refractivity contribution in [3.63, 3.8) is 0 Å². The molecule has 0 saturated carbocycles. The number of benzene rings is 1. The first kappa shape index (κ1) is 19.6. The van der Waals surface area contributed by atoms with Crippen molar-refractivity contribution < 1.29 is 27.3 Å². The molecule has 2 rings (SSSR count). The van der Waals surface area contributed by atoms with Crippen LogP contribution in [0.2, 0.25) is 0 Å². The molecule has 0 fully saturated rings. The lowest BCUT2D eigenvalue weighted by Crippen LogP contribution is -2.43. The third kappa shape index (κ3) is 4.90. The van der Waals surface area contributed by atoms with Gasteiger partial charge in [-0.05, 0) is 17.5 Å². The molecular formula is C17H18F3N3O3. The first-order valence-corrected chi connectivity index (χ1v) is 7.88. The van der Waals surface area contributed by atoms with Crippen LogP contribution in [0.15, 0.2) is 28.8 Å². The molecule has 0 spiro atoms. The Labute approximate surface area is 147 Å². The van der Waals surface area contributed by atoms with Gasteiger partial charge in [0.1, 0.15) is 0 Å². The Morgan fingerprint density at radius 2 is 1.96 bits per heavy atom. The highest BCUT2D eigenvalue weighted by Crippen LogP contribution is 2.29. The van der Waals surface area contributed by atoms with E-state index in [0.29, 0.717) is 5.56 Å². The molecule has 1 amide bonds. The lowest BCUT2D eigenvalue weighted by atomic mass is 9.99. The quantitative estimate of drug-likeness (QED) is 0.791. The first-order valence-electron chi connectivity index (χ1n) is 7.88. The number of hydrogen-bond acceptors (Lipinski definition) is 5. The van der Waals surface area contributed by atoms with Gasteiger partial charge < -0.3 is 9.84 Å². The normalized spacial score (nSPS) is 12.9. The van der Waals surface area contributed by atoms with Gasteiger partial charge in [-0.1, -0.05) is 37.2 Å². The van der Waals surface area contributed by atoms with Gasteiger partial charge in [-0.2, -0.15) is 18.2 Å². The Morgan fingerprint density at radius 1 is 1.27 bits per heavy atom. The molecule has 1 aromatic carbocycles. The van der Waals surface area contributed by atoms with Crippen LogP contribution in [0, 0.1) is 5.92 Å². The Hall–Kier alpha value is -2.71. The van der Waals surface area contributed by atoms with E-state index in [1.807, 2.05) is 0 Å². The molecule has 0 radical (unpaired) electrons. The van der Waals surface area contributed by atoms with Crippen molar-refractivity contribution in [1.29, 1.82) is 0 Å². The highest BCUT2D eigenvalue weighted by atomic mass is 19.4. The number of aromatic nitrogens is 2. The second kappa shape index (κ2) is 7.67. The fourth-order valence-corrected chi connectivity index (χ4v) is 2.35. The Kier molecular flexibility index (Phi) is 5.79. The largest absolute Gasteiger partial charge is 0.416 e. The average Bonchev–Trinajstić information content (AvgIpc) is 2.99. The number of alkyl halides is 3. The Bertz CT molecular complexity index is 800. The fraction of sp³-hybridized carbons (Fsp3) is 0.412. The Morgan fingerprint density at radius 3 is 2.54 bits per heavy atom. The highest BCUT2D eigenvalue weighted by molar-refractivity contribution is 5.98. The number of amides is 1. The van der Waals surface area contributed by atoms with Crippen LogP contribution >= 0.6 is 0 Å². The molecule has 0 aliphatic carbocycles. The molecule has 6 nitrogen and oxygen atoms in total. The Balaban J connectivity index is 2.17. The third-order valence-electron chi connectivity index (χ3n) is 3.61. The van der Waals surface area contributed by atoms with E-state index in [4.69, 9.17) is 4.52 Å². The zero-order chi connectivity index (χ0) is 19.5. The van der Waals surface area contributed by atoms with E-state index in [1.54, 1.807) is 13.8 Å². The van der Waals surface area contributed by atoms with Crippen molar-refractivity contribution in [3.05, 3.63) is 47.1 Å². The molecule has 0 bridgehead atoms. The van der Waals surface area contributed by atoms with E-state index in [-0.39, 0.29) is 30.0 Å². The monoisotopic (exact) mass is 369 g/mol. The SMILES string of the molecule is CC(=O)N[C@H](C(=O)c1noc(Cc2cccc(C(F)(F)F)c2)n1)C(C)C. The first-order chi connectivity index (χ1) is 12.1. The van der Waals surface area contributed by atoms with E-state index in [1.165, 1.54) is 19.1 Å². The molecular weight excluding hydrogens is 351 g/mol. The van der Waals surface area contributed by atoms with Crippen LogP contribution in [0.4, 0.5) is 13.2 Å². The molecule has 9 heteroatoms. The van der Waals surface area contributed by atoms with Crippen LogP contribution in [-0.4, -0.2) is 27.9 Å². The van der Waals surface area contributed by atoms with Gasteiger partial charge in [-0.15, -0.1) is 0 Å². The van der Waals surface area contributed by atoms with Crippen molar-refractivity contribution >= 4 is 11.7 Å². The summed E-state index contributed by atoms with van der Waals surface area (Å²) >= 11 is 0. The smallest absolute Gasteiger partial charge is 0.346 e. The predicted octanol–water partition coefficient (Wildman–Crippen LogP) is 3.02. The number of carbonyl (C=O) groups is 2. The number of Topliss-reactive ketones (excluding diaryl/α,β-unsaturated/α-hetero) is 1. The summed E-state index contributed by atoms with van der Waals surface area (Å²) in [5.41, 5.74) is -0.457. The number of carbonyl (C=O) groups excluding carboxylic acids is 2. The second-order valence-electron chi connectivity index (χ2n) is 6.17. The van der Waals surface area contributed by atoms with E-state index < -0.39 is 23.6 Å². The molecule has 140 valence electrons. The van der Waals surface area contributed by atoms with E-state index in [0.717, 1.165) is 12.1 Å². The summed E-state index contributed by atoms with van der Waals surface area (Å²) in [6.07, 6.45) is -4.49. The number of nitrogens with zero attached hydrogens (tertiary/aromatic N) is 2. The maximum Gasteiger partial charge on any atom is 0.416 e. The van der Waals surface area contributed by atoms with E-state index in [9.17, 15) is 22.8 Å². The maximum absolute atomic E-state index is 12.8. The number of hydrogen-bond donors (Lipinski definition) is 1. The van der Waals surface area contributed by atoms with Gasteiger partial charge in [0.25, 0.3) is 0 Å². The predicted molar refractivity (Wildman–Crippen MR) is 85.3 cm³/mol. The van der Waals surface area contributed by atoms with Gasteiger partial charge in [0.05, 0.1) is 18.0 Å². The summed E-state index contributed by atoms with van der Waals surface area (Å²) in [7, 11) is 0. The van der Waals surface area contributed by atoms with Crippen LogP contribution in [0.1, 0.15) is 48.4 Å². The molecule has 1 heterocycles. The highest BCUT2D eigenvalue weighted by Gasteiger charge is 2.31. The van der Waals surface area contributed by atoms with Gasteiger partial charge in [0.15, 0.2) is 0 Å². The van der Waals surface area contributed by atoms with E-state index in [2.05, 4.69) is 15.5 Å². The zero-order valence-corrected chi connectivity index (χ0v) is 14.4. The molecule has 26 heavy (non-hydrogen) atoms. The minimum atomic E-state index is -4.45. The minimum Gasteiger partial charge on any atom is -0.346 e. The van der Waals surface area contributed by atoms with Crippen LogP contribution in [0.3, 0.4) is 0 Å². The second-order valence-corrected chi connectivity index (χ2v) is 6.17. The minimum absolute atomic E-state index is 0.0120. The van der Waals surface area contributed by atoms with Crippen LogP contribution in [0.25, 0.3) is 0 Å². The van der Waals surface area contributed by atoms with E-state index >= 15 is 0 Å². The van der Waals surface area contributed by atoms with Gasteiger partial charge in [0, 0.05) is 6.92 Å². The molecule has 1 N–H and O–H groups in total. The number of nitrogens with one attached hydrogen (secondary N) is 1. The summed E-state index contributed by atoms with van der Waals surface area (Å²) in [6.45, 7) is 4.79. The van der Waals surface area contributed by atoms with Crippen LogP contribution < -0.4 is 5.32 Å². The molecule has 1 aromatic heterocycles. The molecule has 0 aliphatic rings. The average molecular weight is 369 g/mol. The topological polar surface area (TPSA) is 85.1 Å². The van der Waals surface area contributed by atoms with Crippen LogP contribution in [-0.2, 0) is 17.4 Å². The zero-order valence-electron chi connectivity index (χ0n) is 14.4. The summed E-state index contributed by atoms with van der Waals surface area (Å²) in [6, 6.07) is 3.92. The van der Waals surface area contributed by atoms with Gasteiger partial charge in [0.2, 0.25) is 23.4 Å². The lowest BCUT2D eigenvalue weighted by molar-refractivity contribution is -0.137. The third-order valence-corrected chi connectivity index (χ3v) is 3.61. The van der Waals surface area contributed by atoms with Crippen molar-refractivity contribution in [2.45, 2.75) is 39.4 Å². The van der Waals surface area contributed by atoms with Crippen molar-refractivity contribution in [2.75, 3.05) is 0 Å². The number of ketones is 1. The number of halogens is 3. The molecule has 0 aliphatic heterocycles. The fourth-order valence-electron chi connectivity index (χ4n) is 2.35. The standard InChI is InChI=1S/C17H18F3N3O3/c1-9(2)14(21-10(3)24)15(25)16-22-13(26-23-16)8-11-5-4-6-12(7-11)17(18,19)20/h4-7,9,14H,8H2,1-3H3,(H,21,24)/t14-/m0/s1. The summed E-state index contributed by atoms with van der Waals surface area (Å²) in [5, 5.41) is 6.11. The number of rotatable bonds is 6. The molecule has 2 aromatic rings. The van der Waals surface area contributed by atoms with Gasteiger partial charge in [-0.25, -0.2) is 0 Å². The van der Waals surface area contributed by atoms with Crippen molar-refractivity contribution in [2.24, 2.45) is 5.92 Å². The summed E-state index contributed by atoms with van der Waals surface area (Å²) < 4.78 is 43.2. The summed E-state index contributed by atoms with van der Waals surface area (Å²) in [5.74, 6) is -1.30. The van der Waals surface area contributed by atoms with Gasteiger partial charge in [-0.3, -0.25) is 9.59 Å². The van der Waals surface area contributed by atoms with Crippen LogP contribution in [0.5, 0.6) is 0 Å².